The van der Waals surface area contributed by atoms with Crippen LogP contribution >= 0.6 is 0 Å². The molecule has 1 heterocycles. The monoisotopic (exact) mass is 307 g/mol. The molecule has 1 aliphatic carbocycles. The summed E-state index contributed by atoms with van der Waals surface area (Å²) in [7, 11) is -3.74. The largest absolute Gasteiger partial charge is 0.467 e. The topological polar surface area (TPSA) is 103 Å². The molecule has 0 bridgehead atoms. The average Bonchev–Trinajstić information content (AvgIpc) is 3.13. The predicted octanol–water partition coefficient (Wildman–Crippen LogP) is 1.68. The summed E-state index contributed by atoms with van der Waals surface area (Å²) in [6.07, 6.45) is 3.82. The van der Waals surface area contributed by atoms with Crippen molar-refractivity contribution in [1.82, 2.24) is 0 Å². The van der Waals surface area contributed by atoms with E-state index in [1.165, 1.54) is 12.1 Å². The van der Waals surface area contributed by atoms with E-state index in [-0.39, 0.29) is 4.90 Å². The molecule has 1 aromatic heterocycles. The van der Waals surface area contributed by atoms with Crippen molar-refractivity contribution in [2.75, 3.05) is 10.6 Å². The van der Waals surface area contributed by atoms with Crippen LogP contribution in [0.15, 0.2) is 45.9 Å². The molecule has 0 radical (unpaired) electrons. The van der Waals surface area contributed by atoms with Crippen LogP contribution in [-0.4, -0.2) is 14.5 Å². The zero-order valence-electron chi connectivity index (χ0n) is 11.4. The summed E-state index contributed by atoms with van der Waals surface area (Å²) in [5.41, 5.74) is 7.23. The zero-order valence-corrected chi connectivity index (χ0v) is 12.2. The van der Waals surface area contributed by atoms with Gasteiger partial charge in [0.1, 0.15) is 5.76 Å². The molecule has 21 heavy (non-hydrogen) atoms. The summed E-state index contributed by atoms with van der Waals surface area (Å²) >= 11 is 0. The van der Waals surface area contributed by atoms with E-state index in [0.717, 1.165) is 24.3 Å². The van der Waals surface area contributed by atoms with Crippen LogP contribution in [-0.2, 0) is 16.6 Å². The van der Waals surface area contributed by atoms with Gasteiger partial charge in [0.25, 0.3) is 0 Å². The van der Waals surface area contributed by atoms with Crippen LogP contribution in [0.1, 0.15) is 18.6 Å². The van der Waals surface area contributed by atoms with Gasteiger partial charge in [-0.2, -0.15) is 0 Å². The van der Waals surface area contributed by atoms with Crippen LogP contribution in [0.25, 0.3) is 0 Å². The number of rotatable bonds is 5. The van der Waals surface area contributed by atoms with Gasteiger partial charge in [-0.25, -0.2) is 13.6 Å². The summed E-state index contributed by atoms with van der Waals surface area (Å²) in [5, 5.41) is 5.12. The summed E-state index contributed by atoms with van der Waals surface area (Å²) in [6.45, 7) is 0.608. The first-order chi connectivity index (χ1) is 9.95. The Labute approximate surface area is 123 Å². The number of nitrogens with two attached hydrogens (primary N) is 2. The summed E-state index contributed by atoms with van der Waals surface area (Å²) in [5.74, 6) is 0.844. The van der Waals surface area contributed by atoms with Gasteiger partial charge < -0.3 is 15.1 Å². The highest BCUT2D eigenvalue weighted by Gasteiger charge is 2.31. The Balaban J connectivity index is 1.93. The minimum absolute atomic E-state index is 0.0255. The molecule has 1 aliphatic rings. The summed E-state index contributed by atoms with van der Waals surface area (Å²) in [6, 6.07) is 8.76. The second kappa shape index (κ2) is 5.09. The third-order valence-electron chi connectivity index (χ3n) is 3.53. The van der Waals surface area contributed by atoms with Crippen LogP contribution in [0.2, 0.25) is 0 Å². The smallest absolute Gasteiger partial charge is 0.238 e. The first kappa shape index (κ1) is 14.0. The fourth-order valence-electron chi connectivity index (χ4n) is 2.34. The van der Waals surface area contributed by atoms with Gasteiger partial charge in [-0.1, -0.05) is 0 Å². The molecule has 0 unspecified atom stereocenters. The van der Waals surface area contributed by atoms with Crippen LogP contribution in [0, 0.1) is 0 Å². The fraction of sp³-hybridized carbons (Fsp3) is 0.286. The average molecular weight is 307 g/mol. The maximum Gasteiger partial charge on any atom is 0.238 e. The first-order valence-corrected chi connectivity index (χ1v) is 8.21. The third kappa shape index (κ3) is 3.03. The highest BCUT2D eigenvalue weighted by atomic mass is 32.2. The molecule has 0 atom stereocenters. The van der Waals surface area contributed by atoms with E-state index in [4.69, 9.17) is 15.3 Å². The van der Waals surface area contributed by atoms with E-state index in [1.54, 1.807) is 12.3 Å². The predicted molar refractivity (Wildman–Crippen MR) is 80.1 cm³/mol. The number of hydrogen-bond acceptors (Lipinski definition) is 5. The molecule has 1 saturated carbocycles. The third-order valence-corrected chi connectivity index (χ3v) is 4.44. The number of benzene rings is 1. The lowest BCUT2D eigenvalue weighted by atomic mass is 10.2. The normalized spacial score (nSPS) is 15.1. The number of nitrogens with zero attached hydrogens (tertiary/aromatic N) is 1. The quantitative estimate of drug-likeness (QED) is 0.818. The van der Waals surface area contributed by atoms with Gasteiger partial charge in [0.15, 0.2) is 0 Å². The van der Waals surface area contributed by atoms with Crippen molar-refractivity contribution in [1.29, 1.82) is 0 Å². The molecule has 7 heteroatoms. The van der Waals surface area contributed by atoms with Crippen molar-refractivity contribution in [3.63, 3.8) is 0 Å². The van der Waals surface area contributed by atoms with Crippen LogP contribution in [0.4, 0.5) is 11.4 Å². The molecule has 0 saturated heterocycles. The number of nitrogen functional groups attached to an aromatic ring is 1. The maximum atomic E-state index is 11.4. The van der Waals surface area contributed by atoms with E-state index in [2.05, 4.69) is 4.90 Å². The molecule has 1 aromatic carbocycles. The minimum atomic E-state index is -3.74. The second-order valence-corrected chi connectivity index (χ2v) is 6.77. The van der Waals surface area contributed by atoms with Gasteiger partial charge in [0, 0.05) is 6.04 Å². The molecule has 0 amide bonds. The van der Waals surface area contributed by atoms with Crippen molar-refractivity contribution in [3.05, 3.63) is 42.4 Å². The molecule has 6 nitrogen and oxygen atoms in total. The van der Waals surface area contributed by atoms with Crippen molar-refractivity contribution in [2.45, 2.75) is 30.3 Å². The SMILES string of the molecule is Nc1cc(S(N)(=O)=O)ccc1N(Cc1ccco1)C1CC1. The lowest BCUT2D eigenvalue weighted by molar-refractivity contribution is 0.501. The number of sulfonamides is 1. The van der Waals surface area contributed by atoms with Gasteiger partial charge in [-0.05, 0) is 43.2 Å². The van der Waals surface area contributed by atoms with E-state index in [1.807, 2.05) is 12.1 Å². The van der Waals surface area contributed by atoms with Gasteiger partial charge in [-0.3, -0.25) is 0 Å². The van der Waals surface area contributed by atoms with Crippen LogP contribution in [0.3, 0.4) is 0 Å². The molecular formula is C14H17N3O3S. The molecule has 3 rings (SSSR count). The van der Waals surface area contributed by atoms with Crippen molar-refractivity contribution in [2.24, 2.45) is 5.14 Å². The van der Waals surface area contributed by atoms with Gasteiger partial charge in [0.05, 0.1) is 29.1 Å². The Morgan fingerprint density at radius 3 is 2.57 bits per heavy atom. The lowest BCUT2D eigenvalue weighted by Gasteiger charge is -2.25. The van der Waals surface area contributed by atoms with Gasteiger partial charge in [0.2, 0.25) is 10.0 Å². The van der Waals surface area contributed by atoms with E-state index < -0.39 is 10.0 Å². The van der Waals surface area contributed by atoms with E-state index >= 15 is 0 Å². The van der Waals surface area contributed by atoms with Crippen molar-refractivity contribution >= 4 is 21.4 Å². The second-order valence-electron chi connectivity index (χ2n) is 5.20. The Hall–Kier alpha value is -1.99. The minimum Gasteiger partial charge on any atom is -0.467 e. The van der Waals surface area contributed by atoms with Crippen molar-refractivity contribution < 1.29 is 12.8 Å². The van der Waals surface area contributed by atoms with E-state index in [0.29, 0.717) is 18.3 Å². The van der Waals surface area contributed by atoms with Gasteiger partial charge >= 0.3 is 0 Å². The standard InChI is InChI=1S/C14H17N3O3S/c15-13-8-12(21(16,18)19)5-6-14(13)17(10-3-4-10)9-11-2-1-7-20-11/h1-2,5-8,10H,3-4,9,15H2,(H2,16,18,19). The first-order valence-electron chi connectivity index (χ1n) is 6.66. The molecule has 0 aliphatic heterocycles. The van der Waals surface area contributed by atoms with Gasteiger partial charge in [-0.15, -0.1) is 0 Å². The van der Waals surface area contributed by atoms with Crippen LogP contribution < -0.4 is 15.8 Å². The molecular weight excluding hydrogens is 290 g/mol. The molecule has 0 spiro atoms. The number of anilines is 2. The lowest BCUT2D eigenvalue weighted by Crippen LogP contribution is -2.26. The van der Waals surface area contributed by atoms with E-state index in [9.17, 15) is 8.42 Å². The Kier molecular flexibility index (Phi) is 3.38. The highest BCUT2D eigenvalue weighted by molar-refractivity contribution is 7.89. The molecule has 1 fully saturated rings. The maximum absolute atomic E-state index is 11.4. The Bertz CT molecular complexity index is 737. The number of furan rings is 1. The fourth-order valence-corrected chi connectivity index (χ4v) is 2.89. The molecule has 2 aromatic rings. The van der Waals surface area contributed by atoms with Crippen molar-refractivity contribution in [3.8, 4) is 0 Å². The summed E-state index contributed by atoms with van der Waals surface area (Å²) in [4.78, 5) is 2.17. The summed E-state index contributed by atoms with van der Waals surface area (Å²) < 4.78 is 28.1. The molecule has 4 N–H and O–H groups in total. The Morgan fingerprint density at radius 1 is 1.29 bits per heavy atom. The zero-order chi connectivity index (χ0) is 15.0. The number of primary sulfonamides is 1. The van der Waals surface area contributed by atoms with Crippen LogP contribution in [0.5, 0.6) is 0 Å². The molecule has 112 valence electrons. The number of hydrogen-bond donors (Lipinski definition) is 2. The highest BCUT2D eigenvalue weighted by Crippen LogP contribution is 2.36. The Morgan fingerprint density at radius 2 is 2.05 bits per heavy atom.